The molecular formula is C9H7ClN2O2. The van der Waals surface area contributed by atoms with Crippen molar-refractivity contribution >= 4 is 11.6 Å². The van der Waals surface area contributed by atoms with E-state index in [1.165, 1.54) is 0 Å². The lowest BCUT2D eigenvalue weighted by atomic mass is 10.2. The van der Waals surface area contributed by atoms with E-state index in [9.17, 15) is 5.11 Å². The number of nitrogens with zero attached hydrogens (tertiary/aromatic N) is 2. The number of hydrogen-bond donors (Lipinski definition) is 1. The van der Waals surface area contributed by atoms with Crippen molar-refractivity contribution in [3.63, 3.8) is 0 Å². The normalized spacial score (nSPS) is 10.4. The summed E-state index contributed by atoms with van der Waals surface area (Å²) in [4.78, 5) is 3.99. The van der Waals surface area contributed by atoms with E-state index in [0.717, 1.165) is 0 Å². The third kappa shape index (κ3) is 1.56. The van der Waals surface area contributed by atoms with Crippen LogP contribution in [0.3, 0.4) is 0 Å². The minimum Gasteiger partial charge on any atom is -0.507 e. The maximum Gasteiger partial charge on any atom is 0.241 e. The molecule has 0 radical (unpaired) electrons. The van der Waals surface area contributed by atoms with E-state index in [-0.39, 0.29) is 11.6 Å². The second-order valence-corrected chi connectivity index (χ2v) is 2.93. The molecule has 0 bridgehead atoms. The topological polar surface area (TPSA) is 59.2 Å². The Morgan fingerprint density at radius 2 is 2.14 bits per heavy atom. The fraction of sp³-hybridized carbons (Fsp3) is 0.111. The number of benzene rings is 1. The van der Waals surface area contributed by atoms with E-state index < -0.39 is 0 Å². The molecule has 4 nitrogen and oxygen atoms in total. The fourth-order valence-corrected chi connectivity index (χ4v) is 1.19. The van der Waals surface area contributed by atoms with Crippen molar-refractivity contribution in [2.45, 2.75) is 5.88 Å². The molecule has 0 amide bonds. The Morgan fingerprint density at radius 1 is 1.36 bits per heavy atom. The van der Waals surface area contributed by atoms with Gasteiger partial charge in [-0.1, -0.05) is 17.3 Å². The second-order valence-electron chi connectivity index (χ2n) is 2.66. The van der Waals surface area contributed by atoms with Crippen LogP contribution in [0.25, 0.3) is 11.4 Å². The maximum atomic E-state index is 9.49. The molecule has 1 heterocycles. The number of para-hydroxylation sites is 1. The van der Waals surface area contributed by atoms with Gasteiger partial charge in [0.1, 0.15) is 11.6 Å². The number of halogens is 1. The molecule has 0 spiro atoms. The van der Waals surface area contributed by atoms with Gasteiger partial charge in [0.05, 0.1) is 5.56 Å². The van der Waals surface area contributed by atoms with Crippen molar-refractivity contribution < 1.29 is 9.63 Å². The van der Waals surface area contributed by atoms with Crippen molar-refractivity contribution in [3.05, 3.63) is 30.2 Å². The summed E-state index contributed by atoms with van der Waals surface area (Å²) in [5.41, 5.74) is 0.535. The molecule has 0 fully saturated rings. The molecule has 0 saturated heterocycles. The zero-order valence-electron chi connectivity index (χ0n) is 7.14. The second kappa shape index (κ2) is 3.67. The summed E-state index contributed by atoms with van der Waals surface area (Å²) in [5.74, 6) is 0.971. The Morgan fingerprint density at radius 3 is 2.79 bits per heavy atom. The number of aromatic nitrogens is 2. The van der Waals surface area contributed by atoms with E-state index in [1.54, 1.807) is 24.3 Å². The highest BCUT2D eigenvalue weighted by atomic mass is 35.5. The van der Waals surface area contributed by atoms with Gasteiger partial charge in [-0.3, -0.25) is 0 Å². The van der Waals surface area contributed by atoms with Gasteiger partial charge in [0.25, 0.3) is 0 Å². The Labute approximate surface area is 85.1 Å². The zero-order valence-corrected chi connectivity index (χ0v) is 7.90. The van der Waals surface area contributed by atoms with Crippen LogP contribution in [0.4, 0.5) is 0 Å². The summed E-state index contributed by atoms with van der Waals surface area (Å²) in [6, 6.07) is 6.78. The van der Waals surface area contributed by atoms with Crippen LogP contribution in [-0.4, -0.2) is 15.2 Å². The molecule has 0 aliphatic rings. The third-order valence-electron chi connectivity index (χ3n) is 1.73. The molecule has 1 aromatic heterocycles. The Kier molecular flexibility index (Phi) is 2.37. The average Bonchev–Trinajstić information content (AvgIpc) is 2.67. The first-order chi connectivity index (χ1) is 6.81. The van der Waals surface area contributed by atoms with Gasteiger partial charge in [0.2, 0.25) is 11.7 Å². The number of phenols is 1. The van der Waals surface area contributed by atoms with Crippen molar-refractivity contribution in [1.29, 1.82) is 0 Å². The first-order valence-electron chi connectivity index (χ1n) is 3.98. The Hall–Kier alpha value is -1.55. The highest BCUT2D eigenvalue weighted by molar-refractivity contribution is 6.16. The predicted molar refractivity (Wildman–Crippen MR) is 51.0 cm³/mol. The van der Waals surface area contributed by atoms with Crippen LogP contribution < -0.4 is 0 Å². The first kappa shape index (κ1) is 9.02. The van der Waals surface area contributed by atoms with E-state index in [0.29, 0.717) is 17.3 Å². The standard InChI is InChI=1S/C9H7ClN2O2/c10-5-8-11-9(12-14-8)6-3-1-2-4-7(6)13/h1-4,13H,5H2. The lowest BCUT2D eigenvalue weighted by molar-refractivity contribution is 0.390. The van der Waals surface area contributed by atoms with Crippen molar-refractivity contribution in [2.24, 2.45) is 0 Å². The number of rotatable bonds is 2. The average molecular weight is 211 g/mol. The molecule has 14 heavy (non-hydrogen) atoms. The van der Waals surface area contributed by atoms with Crippen LogP contribution >= 0.6 is 11.6 Å². The summed E-state index contributed by atoms with van der Waals surface area (Å²) >= 11 is 5.51. The van der Waals surface area contributed by atoms with Gasteiger partial charge in [0, 0.05) is 0 Å². The van der Waals surface area contributed by atoms with Crippen LogP contribution in [0.2, 0.25) is 0 Å². The highest BCUT2D eigenvalue weighted by Crippen LogP contribution is 2.25. The maximum absolute atomic E-state index is 9.49. The molecule has 72 valence electrons. The Bertz CT molecular complexity index is 442. The molecule has 0 saturated carbocycles. The van der Waals surface area contributed by atoms with Gasteiger partial charge in [-0.2, -0.15) is 4.98 Å². The van der Waals surface area contributed by atoms with Gasteiger partial charge in [-0.05, 0) is 12.1 Å². The van der Waals surface area contributed by atoms with Crippen molar-refractivity contribution in [3.8, 4) is 17.1 Å². The van der Waals surface area contributed by atoms with Gasteiger partial charge in [-0.15, -0.1) is 11.6 Å². The minimum absolute atomic E-state index is 0.120. The predicted octanol–water partition coefficient (Wildman–Crippen LogP) is 2.18. The molecule has 2 rings (SSSR count). The van der Waals surface area contributed by atoms with Crippen molar-refractivity contribution in [2.75, 3.05) is 0 Å². The van der Waals surface area contributed by atoms with Crippen LogP contribution in [0.15, 0.2) is 28.8 Å². The third-order valence-corrected chi connectivity index (χ3v) is 1.96. The van der Waals surface area contributed by atoms with Crippen LogP contribution in [0.5, 0.6) is 5.75 Å². The van der Waals surface area contributed by atoms with E-state index in [4.69, 9.17) is 16.1 Å². The number of aromatic hydroxyl groups is 1. The summed E-state index contributed by atoms with van der Waals surface area (Å²) in [5, 5.41) is 13.2. The zero-order chi connectivity index (χ0) is 9.97. The number of phenolic OH excluding ortho intramolecular Hbond substituents is 1. The van der Waals surface area contributed by atoms with Gasteiger partial charge >= 0.3 is 0 Å². The van der Waals surface area contributed by atoms with Crippen LogP contribution in [-0.2, 0) is 5.88 Å². The molecule has 0 aliphatic heterocycles. The quantitative estimate of drug-likeness (QED) is 0.772. The summed E-state index contributed by atoms with van der Waals surface area (Å²) in [7, 11) is 0. The van der Waals surface area contributed by atoms with Crippen LogP contribution in [0.1, 0.15) is 5.89 Å². The SMILES string of the molecule is Oc1ccccc1-c1noc(CCl)n1. The van der Waals surface area contributed by atoms with Gasteiger partial charge < -0.3 is 9.63 Å². The summed E-state index contributed by atoms with van der Waals surface area (Å²) in [6.45, 7) is 0. The first-order valence-corrected chi connectivity index (χ1v) is 4.51. The van der Waals surface area contributed by atoms with Gasteiger partial charge in [0.15, 0.2) is 0 Å². The van der Waals surface area contributed by atoms with E-state index >= 15 is 0 Å². The smallest absolute Gasteiger partial charge is 0.241 e. The summed E-state index contributed by atoms with van der Waals surface area (Å²) < 4.78 is 4.82. The van der Waals surface area contributed by atoms with Crippen molar-refractivity contribution in [1.82, 2.24) is 10.1 Å². The molecular weight excluding hydrogens is 204 g/mol. The van der Waals surface area contributed by atoms with E-state index in [1.807, 2.05) is 0 Å². The Balaban J connectivity index is 2.44. The molecule has 1 aromatic carbocycles. The molecule has 2 aromatic rings. The monoisotopic (exact) mass is 210 g/mol. The lowest BCUT2D eigenvalue weighted by Crippen LogP contribution is -1.81. The lowest BCUT2D eigenvalue weighted by Gasteiger charge is -1.96. The molecule has 0 atom stereocenters. The fourth-order valence-electron chi connectivity index (χ4n) is 1.08. The van der Waals surface area contributed by atoms with E-state index in [2.05, 4.69) is 10.1 Å². The minimum atomic E-state index is 0.120. The number of alkyl halides is 1. The summed E-state index contributed by atoms with van der Waals surface area (Å²) in [6.07, 6.45) is 0. The van der Waals surface area contributed by atoms with Gasteiger partial charge in [-0.25, -0.2) is 0 Å². The van der Waals surface area contributed by atoms with Crippen LogP contribution in [0, 0.1) is 0 Å². The highest BCUT2D eigenvalue weighted by Gasteiger charge is 2.10. The molecule has 0 unspecified atom stereocenters. The largest absolute Gasteiger partial charge is 0.507 e. The number of hydrogen-bond acceptors (Lipinski definition) is 4. The molecule has 1 N–H and O–H groups in total. The molecule has 5 heteroatoms. The molecule has 0 aliphatic carbocycles.